The molecule has 1 aromatic carbocycles. The number of carbonyl (C=O) groups excluding carboxylic acids is 2. The van der Waals surface area contributed by atoms with E-state index in [1.807, 2.05) is 6.07 Å². The van der Waals surface area contributed by atoms with Gasteiger partial charge in [0.15, 0.2) is 6.10 Å². The van der Waals surface area contributed by atoms with Crippen molar-refractivity contribution in [2.45, 2.75) is 39.3 Å². The van der Waals surface area contributed by atoms with Crippen LogP contribution < -0.4 is 5.32 Å². The molecule has 0 aliphatic rings. The fourth-order valence-electron chi connectivity index (χ4n) is 1.66. The predicted molar refractivity (Wildman–Crippen MR) is 85.0 cm³/mol. The molecule has 0 aromatic heterocycles. The van der Waals surface area contributed by atoms with Crippen molar-refractivity contribution in [3.63, 3.8) is 0 Å². The van der Waals surface area contributed by atoms with Gasteiger partial charge in [0.25, 0.3) is 11.6 Å². The number of nitriles is 1. The molecular weight excluding hydrogens is 314 g/mol. The number of non-ortho nitro benzene ring substituents is 1. The normalized spacial score (nSPS) is 14.2. The Morgan fingerprint density at radius 1 is 1.29 bits per heavy atom. The van der Waals surface area contributed by atoms with Crippen LogP contribution in [0.2, 0.25) is 0 Å². The van der Waals surface area contributed by atoms with E-state index >= 15 is 0 Å². The molecule has 8 heteroatoms. The number of amides is 1. The van der Waals surface area contributed by atoms with Gasteiger partial charge in [-0.25, -0.2) is 4.79 Å². The average Bonchev–Trinajstić information content (AvgIpc) is 2.54. The fourth-order valence-corrected chi connectivity index (χ4v) is 1.66. The number of esters is 1. The van der Waals surface area contributed by atoms with Crippen molar-refractivity contribution in [2.24, 2.45) is 5.92 Å². The Labute approximate surface area is 139 Å². The first-order chi connectivity index (χ1) is 11.1. The molecule has 0 radical (unpaired) electrons. The first kappa shape index (κ1) is 19.1. The fraction of sp³-hybridized carbons (Fsp3) is 0.438. The maximum atomic E-state index is 12.1. The molecule has 24 heavy (non-hydrogen) atoms. The van der Waals surface area contributed by atoms with Gasteiger partial charge in [0.05, 0.1) is 16.6 Å². The molecule has 2 atom stereocenters. The van der Waals surface area contributed by atoms with Crippen molar-refractivity contribution in [1.29, 1.82) is 5.26 Å². The largest absolute Gasteiger partial charge is 0.449 e. The number of nitrogens with one attached hydrogen (secondary N) is 1. The summed E-state index contributed by atoms with van der Waals surface area (Å²) in [5.41, 5.74) is -1.14. The average molecular weight is 333 g/mol. The molecule has 8 nitrogen and oxygen atoms in total. The van der Waals surface area contributed by atoms with Crippen molar-refractivity contribution >= 4 is 17.6 Å². The molecule has 0 bridgehead atoms. The van der Waals surface area contributed by atoms with Crippen molar-refractivity contribution in [3.05, 3.63) is 39.9 Å². The highest BCUT2D eigenvalue weighted by atomic mass is 16.6. The summed E-state index contributed by atoms with van der Waals surface area (Å²) in [5.74, 6) is -1.51. The second-order valence-electron chi connectivity index (χ2n) is 5.81. The van der Waals surface area contributed by atoms with Crippen molar-refractivity contribution in [3.8, 4) is 6.07 Å². The summed E-state index contributed by atoms with van der Waals surface area (Å²) >= 11 is 0. The van der Waals surface area contributed by atoms with E-state index in [0.29, 0.717) is 0 Å². The highest BCUT2D eigenvalue weighted by Crippen LogP contribution is 2.16. The molecule has 0 aliphatic carbocycles. The molecule has 0 unspecified atom stereocenters. The molecule has 0 spiro atoms. The minimum atomic E-state index is -1.11. The number of hydrogen-bond acceptors (Lipinski definition) is 6. The van der Waals surface area contributed by atoms with Crippen LogP contribution in [0.1, 0.15) is 38.1 Å². The second-order valence-corrected chi connectivity index (χ2v) is 5.81. The van der Waals surface area contributed by atoms with Gasteiger partial charge in [-0.15, -0.1) is 0 Å². The molecule has 0 saturated carbocycles. The number of nitrogens with zero attached hydrogens (tertiary/aromatic N) is 2. The molecule has 1 N–H and O–H groups in total. The Morgan fingerprint density at radius 3 is 2.25 bits per heavy atom. The van der Waals surface area contributed by atoms with Crippen LogP contribution in [-0.2, 0) is 9.53 Å². The van der Waals surface area contributed by atoms with E-state index in [0.717, 1.165) is 0 Å². The smallest absolute Gasteiger partial charge is 0.338 e. The van der Waals surface area contributed by atoms with Gasteiger partial charge in [-0.3, -0.25) is 14.9 Å². The Morgan fingerprint density at radius 2 is 1.83 bits per heavy atom. The van der Waals surface area contributed by atoms with E-state index in [-0.39, 0.29) is 17.2 Å². The van der Waals surface area contributed by atoms with Gasteiger partial charge >= 0.3 is 5.97 Å². The van der Waals surface area contributed by atoms with Gasteiger partial charge in [-0.1, -0.05) is 13.8 Å². The van der Waals surface area contributed by atoms with Crippen LogP contribution in [-0.4, -0.2) is 28.4 Å². The van der Waals surface area contributed by atoms with E-state index in [4.69, 9.17) is 4.74 Å². The lowest BCUT2D eigenvalue weighted by atomic mass is 9.90. The lowest BCUT2D eigenvalue weighted by molar-refractivity contribution is -0.384. The third kappa shape index (κ3) is 4.52. The number of nitro groups is 1. The number of benzene rings is 1. The van der Waals surface area contributed by atoms with Crippen molar-refractivity contribution in [2.75, 3.05) is 0 Å². The molecule has 128 valence electrons. The Kier molecular flexibility index (Phi) is 6.01. The first-order valence-corrected chi connectivity index (χ1v) is 7.29. The van der Waals surface area contributed by atoms with Crippen LogP contribution in [0.5, 0.6) is 0 Å². The third-order valence-corrected chi connectivity index (χ3v) is 3.74. The van der Waals surface area contributed by atoms with Crippen LogP contribution in [0.3, 0.4) is 0 Å². The topological polar surface area (TPSA) is 122 Å². The minimum absolute atomic E-state index is 0.0900. The zero-order chi connectivity index (χ0) is 18.5. The van der Waals surface area contributed by atoms with E-state index in [2.05, 4.69) is 5.32 Å². The molecule has 0 fully saturated rings. The second kappa shape index (κ2) is 7.55. The van der Waals surface area contributed by atoms with Crippen molar-refractivity contribution in [1.82, 2.24) is 5.32 Å². The quantitative estimate of drug-likeness (QED) is 0.483. The monoisotopic (exact) mass is 333 g/mol. The van der Waals surface area contributed by atoms with E-state index in [1.54, 1.807) is 20.8 Å². The maximum absolute atomic E-state index is 12.1. The number of rotatable bonds is 6. The highest BCUT2D eigenvalue weighted by molar-refractivity contribution is 5.92. The summed E-state index contributed by atoms with van der Waals surface area (Å²) in [6.45, 7) is 6.55. The standard InChI is InChI=1S/C16H19N3O5/c1-10(2)16(4,9-17)18-14(20)11(3)24-15(21)12-5-7-13(8-6-12)19(22)23/h5-8,10-11H,1-4H3,(H,18,20)/t11-,16-/m1/s1. The van der Waals surface area contributed by atoms with E-state index in [9.17, 15) is 25.0 Å². The number of hydrogen-bond donors (Lipinski definition) is 1. The molecule has 0 heterocycles. The number of carbonyl (C=O) groups is 2. The number of nitro benzene ring substituents is 1. The first-order valence-electron chi connectivity index (χ1n) is 7.29. The zero-order valence-corrected chi connectivity index (χ0v) is 13.9. The highest BCUT2D eigenvalue weighted by Gasteiger charge is 2.32. The van der Waals surface area contributed by atoms with Gasteiger partial charge in [0, 0.05) is 12.1 Å². The summed E-state index contributed by atoms with van der Waals surface area (Å²) in [5, 5.41) is 22.3. The summed E-state index contributed by atoms with van der Waals surface area (Å²) < 4.78 is 5.04. The lowest BCUT2D eigenvalue weighted by Gasteiger charge is -2.28. The summed E-state index contributed by atoms with van der Waals surface area (Å²) in [7, 11) is 0. The summed E-state index contributed by atoms with van der Waals surface area (Å²) in [6, 6.07) is 6.87. The van der Waals surface area contributed by atoms with E-state index < -0.39 is 28.4 Å². The zero-order valence-electron chi connectivity index (χ0n) is 13.9. The van der Waals surface area contributed by atoms with Crippen LogP contribution in [0.4, 0.5) is 5.69 Å². The minimum Gasteiger partial charge on any atom is -0.449 e. The Bertz CT molecular complexity index is 678. The Hall–Kier alpha value is -2.95. The molecular formula is C16H19N3O5. The van der Waals surface area contributed by atoms with Gasteiger partial charge in [0.2, 0.25) is 0 Å². The molecule has 1 aromatic rings. The summed E-state index contributed by atoms with van der Waals surface area (Å²) in [6.07, 6.45) is -1.11. The Balaban J connectivity index is 2.74. The maximum Gasteiger partial charge on any atom is 0.338 e. The molecule has 1 amide bonds. The van der Waals surface area contributed by atoms with Gasteiger partial charge < -0.3 is 10.1 Å². The van der Waals surface area contributed by atoms with Crippen LogP contribution >= 0.6 is 0 Å². The summed E-state index contributed by atoms with van der Waals surface area (Å²) in [4.78, 5) is 34.1. The SMILES string of the molecule is CC(C)[C@@](C)(C#N)NC(=O)[C@@H](C)OC(=O)c1ccc([N+](=O)[O-])cc1. The van der Waals surface area contributed by atoms with Crippen LogP contribution in [0.25, 0.3) is 0 Å². The van der Waals surface area contributed by atoms with Crippen LogP contribution in [0.15, 0.2) is 24.3 Å². The predicted octanol–water partition coefficient (Wildman–Crippen LogP) is 2.19. The van der Waals surface area contributed by atoms with E-state index in [1.165, 1.54) is 31.2 Å². The van der Waals surface area contributed by atoms with Gasteiger partial charge in [-0.05, 0) is 31.9 Å². The molecule has 1 rings (SSSR count). The third-order valence-electron chi connectivity index (χ3n) is 3.74. The number of ether oxygens (including phenoxy) is 1. The lowest BCUT2D eigenvalue weighted by Crippen LogP contribution is -2.52. The van der Waals surface area contributed by atoms with Gasteiger partial charge in [-0.2, -0.15) is 5.26 Å². The van der Waals surface area contributed by atoms with Crippen LogP contribution in [0, 0.1) is 27.4 Å². The van der Waals surface area contributed by atoms with Gasteiger partial charge in [0.1, 0.15) is 5.54 Å². The molecule has 0 aliphatic heterocycles. The molecule has 0 saturated heterocycles. The van der Waals surface area contributed by atoms with Crippen molar-refractivity contribution < 1.29 is 19.2 Å².